The smallest absolute Gasteiger partial charge is 0.0373 e. The highest BCUT2D eigenvalue weighted by Gasteiger charge is 2.21. The molecule has 1 aliphatic heterocycles. The van der Waals surface area contributed by atoms with E-state index >= 15 is 0 Å². The molecule has 0 radical (unpaired) electrons. The van der Waals surface area contributed by atoms with E-state index in [2.05, 4.69) is 42.4 Å². The highest BCUT2D eigenvalue weighted by molar-refractivity contribution is 5.56. The number of fused-ring (bicyclic) bond motifs is 1. The van der Waals surface area contributed by atoms with Crippen LogP contribution in [0.2, 0.25) is 0 Å². The minimum absolute atomic E-state index is 0.794. The van der Waals surface area contributed by atoms with Crippen molar-refractivity contribution in [3.8, 4) is 0 Å². The molecule has 0 atom stereocenters. The van der Waals surface area contributed by atoms with Crippen molar-refractivity contribution in [3.05, 3.63) is 29.3 Å². The molecule has 1 saturated carbocycles. The van der Waals surface area contributed by atoms with Crippen LogP contribution in [-0.4, -0.2) is 24.5 Å². The number of anilines is 1. The molecule has 0 amide bonds. The molecule has 2 nitrogen and oxygen atoms in total. The number of hydrogen-bond acceptors (Lipinski definition) is 2. The lowest BCUT2D eigenvalue weighted by Gasteiger charge is -2.33. The van der Waals surface area contributed by atoms with Crippen LogP contribution in [0.25, 0.3) is 0 Å². The van der Waals surface area contributed by atoms with Crippen LogP contribution in [0.1, 0.15) is 43.7 Å². The summed E-state index contributed by atoms with van der Waals surface area (Å²) >= 11 is 0. The third-order valence-electron chi connectivity index (χ3n) is 4.92. The summed E-state index contributed by atoms with van der Waals surface area (Å²) in [5.41, 5.74) is 4.32. The van der Waals surface area contributed by atoms with Crippen molar-refractivity contribution in [1.29, 1.82) is 0 Å². The Bertz CT molecular complexity index is 433. The van der Waals surface area contributed by atoms with Crippen LogP contribution in [0.4, 0.5) is 5.69 Å². The molecule has 0 unspecified atom stereocenters. The average molecular weight is 258 g/mol. The molecule has 0 bridgehead atoms. The van der Waals surface area contributed by atoms with Crippen molar-refractivity contribution in [2.45, 2.75) is 51.6 Å². The number of nitrogens with one attached hydrogen (secondary N) is 1. The first-order valence-electron chi connectivity index (χ1n) is 7.78. The van der Waals surface area contributed by atoms with Gasteiger partial charge in [0, 0.05) is 24.8 Å². The van der Waals surface area contributed by atoms with Gasteiger partial charge in [-0.2, -0.15) is 0 Å². The van der Waals surface area contributed by atoms with E-state index < -0.39 is 0 Å². The molecule has 1 fully saturated rings. The van der Waals surface area contributed by atoms with Crippen molar-refractivity contribution >= 4 is 5.69 Å². The number of rotatable bonds is 3. The fourth-order valence-corrected chi connectivity index (χ4v) is 3.56. The largest absolute Gasteiger partial charge is 0.384 e. The van der Waals surface area contributed by atoms with Crippen LogP contribution in [-0.2, 0) is 13.0 Å². The molecule has 0 saturated heterocycles. The number of nitrogens with zero attached hydrogens (tertiary/aromatic N) is 1. The van der Waals surface area contributed by atoms with Crippen LogP contribution in [0.5, 0.6) is 0 Å². The summed E-state index contributed by atoms with van der Waals surface area (Å²) in [5.74, 6) is 0.940. The first-order chi connectivity index (χ1) is 9.22. The molecule has 1 N–H and O–H groups in total. The van der Waals surface area contributed by atoms with Crippen LogP contribution in [0.3, 0.4) is 0 Å². The van der Waals surface area contributed by atoms with E-state index in [1.165, 1.54) is 48.9 Å². The second-order valence-corrected chi connectivity index (χ2v) is 6.50. The Hall–Kier alpha value is -1.02. The Balaban J connectivity index is 1.61. The summed E-state index contributed by atoms with van der Waals surface area (Å²) in [7, 11) is 2.30. The predicted octanol–water partition coefficient (Wildman–Crippen LogP) is 3.67. The fraction of sp³-hybridized carbons (Fsp3) is 0.647. The Kier molecular flexibility index (Phi) is 3.79. The molecule has 2 heteroatoms. The fourth-order valence-electron chi connectivity index (χ4n) is 3.56. The average Bonchev–Trinajstić information content (AvgIpc) is 2.87. The lowest BCUT2D eigenvalue weighted by Crippen LogP contribution is -2.34. The molecule has 0 aromatic heterocycles. The number of hydrogen-bond donors (Lipinski definition) is 1. The first-order valence-corrected chi connectivity index (χ1v) is 7.78. The lowest BCUT2D eigenvalue weighted by atomic mass is 9.86. The molecule has 19 heavy (non-hydrogen) atoms. The quantitative estimate of drug-likeness (QED) is 0.890. The second-order valence-electron chi connectivity index (χ2n) is 6.50. The van der Waals surface area contributed by atoms with Crippen LogP contribution < -0.4 is 5.32 Å². The van der Waals surface area contributed by atoms with Crippen molar-refractivity contribution in [3.63, 3.8) is 0 Å². The molecular formula is C17H26N2. The van der Waals surface area contributed by atoms with Gasteiger partial charge < -0.3 is 5.32 Å². The maximum absolute atomic E-state index is 3.44. The van der Waals surface area contributed by atoms with Gasteiger partial charge in [0.25, 0.3) is 0 Å². The molecule has 2 aliphatic rings. The molecule has 1 aromatic carbocycles. The summed E-state index contributed by atoms with van der Waals surface area (Å²) in [4.78, 5) is 2.57. The minimum Gasteiger partial charge on any atom is -0.384 e. The summed E-state index contributed by atoms with van der Waals surface area (Å²) in [6.07, 6.45) is 6.76. The van der Waals surface area contributed by atoms with Gasteiger partial charge in [-0.1, -0.05) is 19.1 Å². The van der Waals surface area contributed by atoms with Gasteiger partial charge in [0.15, 0.2) is 0 Å². The van der Waals surface area contributed by atoms with E-state index in [1.807, 2.05) is 0 Å². The predicted molar refractivity (Wildman–Crippen MR) is 81.5 cm³/mol. The Morgan fingerprint density at radius 2 is 2.00 bits per heavy atom. The first kappa shape index (κ1) is 13.0. The van der Waals surface area contributed by atoms with Crippen LogP contribution in [0.15, 0.2) is 18.2 Å². The van der Waals surface area contributed by atoms with Gasteiger partial charge in [0.05, 0.1) is 0 Å². The van der Waals surface area contributed by atoms with E-state index in [9.17, 15) is 0 Å². The van der Waals surface area contributed by atoms with Crippen molar-refractivity contribution in [2.24, 2.45) is 5.92 Å². The zero-order valence-electron chi connectivity index (χ0n) is 12.3. The molecule has 104 valence electrons. The molecule has 1 heterocycles. The minimum atomic E-state index is 0.794. The van der Waals surface area contributed by atoms with Gasteiger partial charge in [-0.15, -0.1) is 0 Å². The third kappa shape index (κ3) is 2.94. The maximum Gasteiger partial charge on any atom is 0.0373 e. The normalized spacial score (nSPS) is 26.3. The molecule has 1 aromatic rings. The highest BCUT2D eigenvalue weighted by Crippen LogP contribution is 2.28. The Morgan fingerprint density at radius 1 is 1.21 bits per heavy atom. The Morgan fingerprint density at radius 3 is 2.79 bits per heavy atom. The van der Waals surface area contributed by atoms with E-state index in [4.69, 9.17) is 0 Å². The van der Waals surface area contributed by atoms with Crippen LogP contribution in [0, 0.1) is 5.92 Å². The molecular weight excluding hydrogens is 232 g/mol. The monoisotopic (exact) mass is 258 g/mol. The van der Waals surface area contributed by atoms with Gasteiger partial charge in [0.2, 0.25) is 0 Å². The van der Waals surface area contributed by atoms with Gasteiger partial charge in [-0.3, -0.25) is 4.90 Å². The second kappa shape index (κ2) is 5.54. The summed E-state index contributed by atoms with van der Waals surface area (Å²) in [5, 5.41) is 3.44. The zero-order chi connectivity index (χ0) is 13.2. The molecule has 0 spiro atoms. The van der Waals surface area contributed by atoms with E-state index in [0.29, 0.717) is 0 Å². The van der Waals surface area contributed by atoms with Gasteiger partial charge >= 0.3 is 0 Å². The summed E-state index contributed by atoms with van der Waals surface area (Å²) in [6.45, 7) is 4.60. The van der Waals surface area contributed by atoms with Gasteiger partial charge in [-0.05, 0) is 62.3 Å². The molecule has 3 rings (SSSR count). The Labute approximate surface area is 117 Å². The van der Waals surface area contributed by atoms with Crippen molar-refractivity contribution < 1.29 is 0 Å². The topological polar surface area (TPSA) is 15.3 Å². The highest BCUT2D eigenvalue weighted by atomic mass is 15.1. The summed E-state index contributed by atoms with van der Waals surface area (Å²) in [6, 6.07) is 7.74. The van der Waals surface area contributed by atoms with Gasteiger partial charge in [-0.25, -0.2) is 0 Å². The van der Waals surface area contributed by atoms with Crippen molar-refractivity contribution in [1.82, 2.24) is 4.90 Å². The van der Waals surface area contributed by atoms with E-state index in [0.717, 1.165) is 25.0 Å². The zero-order valence-corrected chi connectivity index (χ0v) is 12.3. The van der Waals surface area contributed by atoms with Crippen molar-refractivity contribution in [2.75, 3.05) is 18.9 Å². The molecule has 1 aliphatic carbocycles. The van der Waals surface area contributed by atoms with Gasteiger partial charge in [0.1, 0.15) is 0 Å². The van der Waals surface area contributed by atoms with E-state index in [1.54, 1.807) is 0 Å². The summed E-state index contributed by atoms with van der Waals surface area (Å²) < 4.78 is 0. The maximum atomic E-state index is 3.44. The lowest BCUT2D eigenvalue weighted by molar-refractivity contribution is 0.164. The standard InChI is InChI=1S/C17H26N2/c1-13-3-6-16(7-4-13)19(2)12-14-5-8-17-15(11-14)9-10-18-17/h5,8,11,13,16,18H,3-4,6-7,9-10,12H2,1-2H3. The SMILES string of the molecule is CC1CCC(N(C)Cc2ccc3c(c2)CCN3)CC1. The number of benzene rings is 1. The van der Waals surface area contributed by atoms with E-state index in [-0.39, 0.29) is 0 Å². The van der Waals surface area contributed by atoms with Crippen LogP contribution >= 0.6 is 0 Å². The third-order valence-corrected chi connectivity index (χ3v) is 4.92.